The van der Waals surface area contributed by atoms with Crippen molar-refractivity contribution in [2.24, 2.45) is 0 Å². The minimum Gasteiger partial charge on any atom is -0.103 e. The van der Waals surface area contributed by atoms with Gasteiger partial charge in [-0.15, -0.1) is 6.58 Å². The first-order chi connectivity index (χ1) is 18.9. The molecule has 1 heteroatoms. The van der Waals surface area contributed by atoms with Crippen molar-refractivity contribution in [1.82, 2.24) is 0 Å². The van der Waals surface area contributed by atoms with Crippen LogP contribution >= 0.6 is 7.26 Å². The second-order valence-electron chi connectivity index (χ2n) is 10.2. The first kappa shape index (κ1) is 29.9. The maximum atomic E-state index is 3.79. The van der Waals surface area contributed by atoms with E-state index in [0.717, 1.165) is 6.42 Å². The lowest BCUT2D eigenvalue weighted by molar-refractivity contribution is 0.725. The van der Waals surface area contributed by atoms with Gasteiger partial charge in [0.1, 0.15) is 23.2 Å². The average Bonchev–Trinajstić information content (AvgIpc) is 2.98. The lowest BCUT2D eigenvalue weighted by Crippen LogP contribution is -2.33. The molecule has 3 rings (SSSR count). The fourth-order valence-corrected chi connectivity index (χ4v) is 9.63. The largest absolute Gasteiger partial charge is 0.112 e. The molecule has 0 nitrogen and oxygen atoms in total. The number of hydrogen-bond donors (Lipinski definition) is 0. The molecule has 0 aliphatic heterocycles. The van der Waals surface area contributed by atoms with Crippen molar-refractivity contribution in [1.29, 1.82) is 0 Å². The maximum absolute atomic E-state index is 3.79. The van der Waals surface area contributed by atoms with Crippen molar-refractivity contribution < 1.29 is 0 Å². The van der Waals surface area contributed by atoms with Crippen LogP contribution in [-0.4, -0.2) is 6.16 Å². The lowest BCUT2D eigenvalue weighted by atomic mass is 10.1. The van der Waals surface area contributed by atoms with Crippen LogP contribution in [0.4, 0.5) is 0 Å². The molecular weight excluding hydrogens is 475 g/mol. The molecule has 0 bridgehead atoms. The average molecular weight is 524 g/mol. The SMILES string of the molecule is C=CCCCC/C=C/CCCC/C=C/CCCCC[P+](c1ccccc1)(c1ccccc1)c1ccccc1. The Bertz CT molecular complexity index is 953. The van der Waals surface area contributed by atoms with Crippen LogP contribution in [0.3, 0.4) is 0 Å². The smallest absolute Gasteiger partial charge is 0.103 e. The van der Waals surface area contributed by atoms with Crippen molar-refractivity contribution >= 4 is 23.2 Å². The molecule has 0 aliphatic carbocycles. The molecule has 0 saturated carbocycles. The van der Waals surface area contributed by atoms with Gasteiger partial charge in [0.2, 0.25) is 0 Å². The van der Waals surface area contributed by atoms with Gasteiger partial charge in [-0.2, -0.15) is 0 Å². The summed E-state index contributed by atoms with van der Waals surface area (Å²) in [4.78, 5) is 0. The predicted octanol–water partition coefficient (Wildman–Crippen LogP) is 9.96. The summed E-state index contributed by atoms with van der Waals surface area (Å²) in [7, 11) is -1.67. The summed E-state index contributed by atoms with van der Waals surface area (Å²) < 4.78 is 0. The highest BCUT2D eigenvalue weighted by Gasteiger charge is 2.44. The van der Waals surface area contributed by atoms with Crippen LogP contribution < -0.4 is 15.9 Å². The Morgan fingerprint density at radius 1 is 0.421 bits per heavy atom. The second kappa shape index (κ2) is 18.5. The summed E-state index contributed by atoms with van der Waals surface area (Å²) >= 11 is 0. The standard InChI is InChI=1S/C37H48P/c1-2-3-4-5-6-7-8-9-10-11-12-13-14-15-16-17-27-34-38(35-28-21-18-22-29-35,36-30-23-19-24-31-36)37-32-25-20-26-33-37/h2,7-8,13-14,18-26,28-33H,1,3-6,9-12,15-17,27,34H2/q+1/b8-7+,14-13+. The molecule has 0 N–H and O–H groups in total. The molecule has 0 aliphatic rings. The summed E-state index contributed by atoms with van der Waals surface area (Å²) in [5, 5.41) is 4.50. The molecule has 0 radical (unpaired) electrons. The normalized spacial score (nSPS) is 11.9. The monoisotopic (exact) mass is 523 g/mol. The van der Waals surface area contributed by atoms with Crippen LogP contribution in [0.25, 0.3) is 0 Å². The summed E-state index contributed by atoms with van der Waals surface area (Å²) in [6, 6.07) is 33.8. The van der Waals surface area contributed by atoms with Crippen molar-refractivity contribution in [2.45, 2.75) is 77.0 Å². The van der Waals surface area contributed by atoms with Crippen molar-refractivity contribution in [3.8, 4) is 0 Å². The number of unbranched alkanes of at least 4 members (excludes halogenated alkanes) is 9. The Kier molecular flexibility index (Phi) is 14.6. The third kappa shape index (κ3) is 9.89. The molecule has 0 unspecified atom stereocenters. The zero-order chi connectivity index (χ0) is 26.6. The Hall–Kier alpha value is -2.69. The van der Waals surface area contributed by atoms with E-state index in [4.69, 9.17) is 0 Å². The van der Waals surface area contributed by atoms with E-state index in [0.29, 0.717) is 0 Å². The second-order valence-corrected chi connectivity index (χ2v) is 13.8. The Balaban J connectivity index is 1.44. The van der Waals surface area contributed by atoms with Gasteiger partial charge < -0.3 is 0 Å². The number of allylic oxidation sites excluding steroid dienone is 5. The summed E-state index contributed by atoms with van der Waals surface area (Å²) in [5.74, 6) is 0. The first-order valence-electron chi connectivity index (χ1n) is 14.8. The van der Waals surface area contributed by atoms with E-state index in [9.17, 15) is 0 Å². The van der Waals surface area contributed by atoms with Crippen LogP contribution in [0.15, 0.2) is 128 Å². The van der Waals surface area contributed by atoms with Gasteiger partial charge in [0.15, 0.2) is 0 Å². The summed E-state index contributed by atoms with van der Waals surface area (Å²) in [6.45, 7) is 3.79. The molecule has 0 saturated heterocycles. The predicted molar refractivity (Wildman–Crippen MR) is 174 cm³/mol. The molecule has 38 heavy (non-hydrogen) atoms. The van der Waals surface area contributed by atoms with Crippen molar-refractivity contribution in [3.05, 3.63) is 128 Å². The highest BCUT2D eigenvalue weighted by atomic mass is 31.2. The van der Waals surface area contributed by atoms with E-state index >= 15 is 0 Å². The van der Waals surface area contributed by atoms with Crippen LogP contribution in [0.1, 0.15) is 77.0 Å². The molecule has 0 aromatic heterocycles. The zero-order valence-corrected chi connectivity index (χ0v) is 24.3. The van der Waals surface area contributed by atoms with Crippen molar-refractivity contribution in [2.75, 3.05) is 6.16 Å². The third-order valence-corrected chi connectivity index (χ3v) is 11.8. The van der Waals surface area contributed by atoms with Gasteiger partial charge in [0.25, 0.3) is 0 Å². The Labute approximate surface area is 233 Å². The van der Waals surface area contributed by atoms with Crippen LogP contribution in [-0.2, 0) is 0 Å². The van der Waals surface area contributed by atoms with Crippen LogP contribution in [0, 0.1) is 0 Å². The topological polar surface area (TPSA) is 0 Å². The molecule has 0 amide bonds. The first-order valence-corrected chi connectivity index (χ1v) is 16.8. The van der Waals surface area contributed by atoms with E-state index in [-0.39, 0.29) is 0 Å². The molecule has 0 atom stereocenters. The number of rotatable bonds is 19. The van der Waals surface area contributed by atoms with E-state index in [2.05, 4.69) is 122 Å². The number of hydrogen-bond acceptors (Lipinski definition) is 0. The molecule has 3 aromatic rings. The van der Waals surface area contributed by atoms with Gasteiger partial charge in [0.05, 0.1) is 6.16 Å². The molecule has 3 aromatic carbocycles. The van der Waals surface area contributed by atoms with Crippen LogP contribution in [0.2, 0.25) is 0 Å². The van der Waals surface area contributed by atoms with E-state index in [1.807, 2.05) is 6.08 Å². The molecule has 0 heterocycles. The summed E-state index contributed by atoms with van der Waals surface area (Å²) in [6.07, 6.45) is 27.8. The van der Waals surface area contributed by atoms with Gasteiger partial charge in [-0.25, -0.2) is 0 Å². The van der Waals surface area contributed by atoms with Gasteiger partial charge in [0, 0.05) is 0 Å². The molecular formula is C37H48P+. The van der Waals surface area contributed by atoms with Gasteiger partial charge in [-0.3, -0.25) is 0 Å². The minimum absolute atomic E-state index is 1.15. The fraction of sp³-hybridized carbons (Fsp3) is 0.351. The fourth-order valence-electron chi connectivity index (χ4n) is 5.22. The van der Waals surface area contributed by atoms with Gasteiger partial charge in [-0.1, -0.05) is 85.0 Å². The zero-order valence-electron chi connectivity index (χ0n) is 23.4. The molecule has 0 fully saturated rings. The lowest BCUT2D eigenvalue weighted by Gasteiger charge is -2.27. The number of benzene rings is 3. The Morgan fingerprint density at radius 2 is 0.763 bits per heavy atom. The molecule has 0 spiro atoms. The quantitative estimate of drug-likeness (QED) is 0.0833. The highest BCUT2D eigenvalue weighted by molar-refractivity contribution is 7.95. The van der Waals surface area contributed by atoms with Crippen LogP contribution in [0.5, 0.6) is 0 Å². The van der Waals surface area contributed by atoms with Crippen molar-refractivity contribution in [3.63, 3.8) is 0 Å². The minimum atomic E-state index is -1.67. The highest BCUT2D eigenvalue weighted by Crippen LogP contribution is 2.55. The van der Waals surface area contributed by atoms with E-state index in [1.165, 1.54) is 92.7 Å². The maximum Gasteiger partial charge on any atom is 0.112 e. The van der Waals surface area contributed by atoms with E-state index < -0.39 is 7.26 Å². The Morgan fingerprint density at radius 3 is 1.13 bits per heavy atom. The van der Waals surface area contributed by atoms with Gasteiger partial charge >= 0.3 is 0 Å². The molecule has 200 valence electrons. The third-order valence-electron chi connectivity index (χ3n) is 7.31. The van der Waals surface area contributed by atoms with Gasteiger partial charge in [-0.05, 0) is 113 Å². The summed E-state index contributed by atoms with van der Waals surface area (Å²) in [5.41, 5.74) is 0. The van der Waals surface area contributed by atoms with E-state index in [1.54, 1.807) is 0 Å².